The number of aliphatic carboxylic acids is 2. The molecule has 4 aliphatic rings. The van der Waals surface area contributed by atoms with Crippen LogP contribution in [0, 0.1) is 5.92 Å². The van der Waals surface area contributed by atoms with E-state index in [1.165, 1.54) is 11.1 Å². The van der Waals surface area contributed by atoms with Gasteiger partial charge in [0.2, 0.25) is 0 Å². The summed E-state index contributed by atoms with van der Waals surface area (Å²) in [7, 11) is 2.19. The van der Waals surface area contributed by atoms with Gasteiger partial charge >= 0.3 is 11.9 Å². The molecule has 2 bridgehead atoms. The van der Waals surface area contributed by atoms with Crippen LogP contribution >= 0.6 is 0 Å². The summed E-state index contributed by atoms with van der Waals surface area (Å²) in [4.78, 5) is 22.0. The Morgan fingerprint density at radius 2 is 1.81 bits per heavy atom. The molecule has 1 spiro atoms. The van der Waals surface area contributed by atoms with Gasteiger partial charge in [-0.05, 0) is 38.1 Å². The molecule has 10 heteroatoms. The average molecular weight is 435 g/mol. The van der Waals surface area contributed by atoms with Crippen LogP contribution in [0.25, 0.3) is 0 Å². The normalized spacial score (nSPS) is 33.9. The summed E-state index contributed by atoms with van der Waals surface area (Å²) < 4.78 is 6.09. The molecule has 0 radical (unpaired) electrons. The minimum absolute atomic E-state index is 0.160. The van der Waals surface area contributed by atoms with E-state index in [0.717, 1.165) is 19.4 Å². The zero-order chi connectivity index (χ0) is 22.7. The summed E-state index contributed by atoms with van der Waals surface area (Å²) in [6.07, 6.45) is 0.646. The summed E-state index contributed by atoms with van der Waals surface area (Å²) in [6, 6.07) is 4.23. The van der Waals surface area contributed by atoms with Gasteiger partial charge in [-0.25, -0.2) is 9.59 Å². The largest absolute Gasteiger partial charge is 0.504 e. The minimum atomic E-state index is -2.27. The number of hydrogen-bond acceptors (Lipinski definition) is 8. The third kappa shape index (κ3) is 3.09. The van der Waals surface area contributed by atoms with Crippen LogP contribution in [0.15, 0.2) is 24.3 Å². The number of carboxylic acid groups (broad SMARTS) is 2. The number of phenols is 1. The monoisotopic (exact) mass is 435 g/mol. The SMILES string of the molecule is CN1CC[C@@]23c4c5ccc(O)c4O[C@@H]2[C@H](O)C=C[C@@H]3[C@@H]1C5.O=C(O)[C@H](O)[C@@H](O)C(=O)O. The second-order valence-electron chi connectivity index (χ2n) is 8.50. The van der Waals surface area contributed by atoms with E-state index in [2.05, 4.69) is 18.0 Å². The van der Waals surface area contributed by atoms with E-state index in [0.29, 0.717) is 17.7 Å². The van der Waals surface area contributed by atoms with Crippen LogP contribution in [-0.4, -0.2) is 91.5 Å². The van der Waals surface area contributed by atoms with Crippen molar-refractivity contribution in [2.24, 2.45) is 5.92 Å². The van der Waals surface area contributed by atoms with Crippen molar-refractivity contribution in [3.05, 3.63) is 35.4 Å². The molecule has 2 aliphatic heterocycles. The number of aromatic hydroxyl groups is 1. The van der Waals surface area contributed by atoms with E-state index in [9.17, 15) is 19.8 Å². The van der Waals surface area contributed by atoms with Crippen LogP contribution in [0.1, 0.15) is 17.5 Å². The topological polar surface area (TPSA) is 168 Å². The molecule has 7 atom stereocenters. The van der Waals surface area contributed by atoms with Crippen LogP contribution in [-0.2, 0) is 21.4 Å². The fourth-order valence-corrected chi connectivity index (χ4v) is 5.51. The number of likely N-dealkylation sites (N-methyl/N-ethyl adjacent to an activating group) is 1. The molecule has 6 N–H and O–H groups in total. The van der Waals surface area contributed by atoms with Crippen molar-refractivity contribution < 1.29 is 45.0 Å². The molecular formula is C21H25NO9. The Balaban J connectivity index is 0.000000199. The van der Waals surface area contributed by atoms with Crippen molar-refractivity contribution in [3.63, 3.8) is 0 Å². The molecule has 0 aromatic heterocycles. The van der Waals surface area contributed by atoms with Gasteiger partial charge in [0.25, 0.3) is 0 Å². The molecule has 1 aromatic rings. The van der Waals surface area contributed by atoms with Crippen molar-refractivity contribution in [2.75, 3.05) is 13.6 Å². The molecule has 2 heterocycles. The number of benzene rings is 1. The lowest BCUT2D eigenvalue weighted by Gasteiger charge is -2.56. The van der Waals surface area contributed by atoms with E-state index in [1.54, 1.807) is 6.07 Å². The number of ether oxygens (including phenoxy) is 1. The van der Waals surface area contributed by atoms with Crippen molar-refractivity contribution in [2.45, 2.75) is 48.7 Å². The van der Waals surface area contributed by atoms with Crippen molar-refractivity contribution in [3.8, 4) is 11.5 Å². The molecular weight excluding hydrogens is 410 g/mol. The first-order valence-corrected chi connectivity index (χ1v) is 10.00. The zero-order valence-corrected chi connectivity index (χ0v) is 16.8. The highest BCUT2D eigenvalue weighted by molar-refractivity contribution is 5.83. The number of likely N-dealkylation sites (tertiary alicyclic amines) is 1. The van der Waals surface area contributed by atoms with Gasteiger partial charge in [0.15, 0.2) is 23.7 Å². The molecule has 2 aliphatic carbocycles. The Labute approximate surface area is 177 Å². The van der Waals surface area contributed by atoms with Gasteiger partial charge in [-0.1, -0.05) is 18.2 Å². The lowest BCUT2D eigenvalue weighted by molar-refractivity contribution is -0.165. The van der Waals surface area contributed by atoms with Crippen molar-refractivity contribution >= 4 is 11.9 Å². The van der Waals surface area contributed by atoms with Gasteiger partial charge in [0.05, 0.1) is 0 Å². The molecule has 0 amide bonds. The number of nitrogens with zero attached hydrogens (tertiary/aromatic N) is 1. The summed E-state index contributed by atoms with van der Waals surface area (Å²) in [5, 5.41) is 53.2. The van der Waals surface area contributed by atoms with Gasteiger partial charge in [-0.15, -0.1) is 0 Å². The number of piperidine rings is 1. The lowest BCUT2D eigenvalue weighted by atomic mass is 9.53. The number of aliphatic hydroxyl groups is 3. The number of carbonyl (C=O) groups is 2. The van der Waals surface area contributed by atoms with Crippen LogP contribution in [0.2, 0.25) is 0 Å². The number of aliphatic hydroxyl groups excluding tert-OH is 3. The summed E-state index contributed by atoms with van der Waals surface area (Å²) in [5.74, 6) is -2.35. The average Bonchev–Trinajstić information content (AvgIpc) is 3.09. The minimum Gasteiger partial charge on any atom is -0.504 e. The van der Waals surface area contributed by atoms with Gasteiger partial charge in [0, 0.05) is 22.9 Å². The van der Waals surface area contributed by atoms with E-state index in [1.807, 2.05) is 12.1 Å². The Hall–Kier alpha value is -2.66. The van der Waals surface area contributed by atoms with Crippen LogP contribution in [0.5, 0.6) is 11.5 Å². The van der Waals surface area contributed by atoms with Gasteiger partial charge in [-0.3, -0.25) is 0 Å². The lowest BCUT2D eigenvalue weighted by Crippen LogP contribution is -2.64. The van der Waals surface area contributed by atoms with Crippen LogP contribution in [0.3, 0.4) is 0 Å². The Morgan fingerprint density at radius 3 is 2.42 bits per heavy atom. The quantitative estimate of drug-likeness (QED) is 0.327. The van der Waals surface area contributed by atoms with E-state index >= 15 is 0 Å². The number of phenolic OH excluding ortho intramolecular Hbond substituents is 1. The Kier molecular flexibility index (Phi) is 5.21. The zero-order valence-electron chi connectivity index (χ0n) is 16.8. The predicted molar refractivity (Wildman–Crippen MR) is 105 cm³/mol. The first kappa shape index (κ1) is 21.6. The van der Waals surface area contributed by atoms with Gasteiger partial charge in [-0.2, -0.15) is 0 Å². The molecule has 10 nitrogen and oxygen atoms in total. The highest BCUT2D eigenvalue weighted by Gasteiger charge is 2.64. The molecule has 1 fully saturated rings. The maximum Gasteiger partial charge on any atom is 0.335 e. The third-order valence-electron chi connectivity index (χ3n) is 6.95. The van der Waals surface area contributed by atoms with Crippen LogP contribution < -0.4 is 4.74 Å². The van der Waals surface area contributed by atoms with E-state index in [4.69, 9.17) is 25.2 Å². The maximum absolute atomic E-state index is 10.4. The number of rotatable bonds is 3. The standard InChI is InChI=1S/C17H19NO3.C4H6O6/c1-18-7-6-17-10-3-5-13(20)16(17)21-15-12(19)4-2-9(14(15)17)8-11(10)18;5-1(3(7)8)2(6)4(9)10/h2-5,10-11,13,16,19-20H,6-8H2,1H3;1-2,5-6H,(H,7,8)(H,9,10)/t10-,11+,13-,16-,17-;1-,2-/m11/s1. The van der Waals surface area contributed by atoms with Gasteiger partial charge < -0.3 is 40.3 Å². The summed E-state index contributed by atoms with van der Waals surface area (Å²) in [6.45, 7) is 1.01. The summed E-state index contributed by atoms with van der Waals surface area (Å²) in [5.41, 5.74) is 2.29. The second kappa shape index (κ2) is 7.49. The Bertz CT molecular complexity index is 929. The summed E-state index contributed by atoms with van der Waals surface area (Å²) >= 11 is 0. The Morgan fingerprint density at radius 1 is 1.16 bits per heavy atom. The number of carboxylic acids is 2. The molecule has 168 valence electrons. The van der Waals surface area contributed by atoms with Crippen molar-refractivity contribution in [1.29, 1.82) is 0 Å². The predicted octanol–water partition coefficient (Wildman–Crippen LogP) is -0.924. The van der Waals surface area contributed by atoms with E-state index in [-0.39, 0.29) is 17.3 Å². The highest BCUT2D eigenvalue weighted by atomic mass is 16.5. The third-order valence-corrected chi connectivity index (χ3v) is 6.95. The highest BCUT2D eigenvalue weighted by Crippen LogP contribution is 2.62. The smallest absolute Gasteiger partial charge is 0.335 e. The second-order valence-corrected chi connectivity index (χ2v) is 8.50. The molecule has 5 rings (SSSR count). The molecule has 0 unspecified atom stereocenters. The molecule has 0 saturated carbocycles. The fraction of sp³-hybridized carbons (Fsp3) is 0.524. The fourth-order valence-electron chi connectivity index (χ4n) is 5.51. The van der Waals surface area contributed by atoms with Crippen molar-refractivity contribution in [1.82, 2.24) is 4.90 Å². The van der Waals surface area contributed by atoms with Gasteiger partial charge in [0.1, 0.15) is 12.2 Å². The molecule has 1 saturated heterocycles. The molecule has 31 heavy (non-hydrogen) atoms. The first-order chi connectivity index (χ1) is 14.6. The maximum atomic E-state index is 10.4. The van der Waals surface area contributed by atoms with E-state index < -0.39 is 30.3 Å². The molecule has 1 aromatic carbocycles. The number of hydrogen-bond donors (Lipinski definition) is 6. The first-order valence-electron chi connectivity index (χ1n) is 10.00. The van der Waals surface area contributed by atoms with Crippen LogP contribution in [0.4, 0.5) is 0 Å².